The lowest BCUT2D eigenvalue weighted by Gasteiger charge is -2.31. The van der Waals surface area contributed by atoms with Crippen molar-refractivity contribution < 1.29 is 4.79 Å². The number of alkyl halides is 1. The second-order valence-corrected chi connectivity index (χ2v) is 4.28. The van der Waals surface area contributed by atoms with Gasteiger partial charge in [0.25, 0.3) is 0 Å². The van der Waals surface area contributed by atoms with Crippen LogP contribution >= 0.6 is 11.6 Å². The fourth-order valence-electron chi connectivity index (χ4n) is 1.99. The Morgan fingerprint density at radius 1 is 1.25 bits per heavy atom. The Morgan fingerprint density at radius 2 is 1.83 bits per heavy atom. The first kappa shape index (κ1) is 8.36. The summed E-state index contributed by atoms with van der Waals surface area (Å²) in [6.45, 7) is 1.87. The number of rotatable bonds is 1. The molecule has 0 radical (unpaired) electrons. The number of piperidine rings is 1. The topological polar surface area (TPSA) is 20.3 Å². The number of halogens is 1. The van der Waals surface area contributed by atoms with Gasteiger partial charge >= 0.3 is 0 Å². The maximum atomic E-state index is 11.2. The Labute approximate surface area is 77.9 Å². The quantitative estimate of drug-likeness (QED) is 0.572. The highest BCUT2D eigenvalue weighted by Crippen LogP contribution is 2.53. The molecule has 1 heterocycles. The van der Waals surface area contributed by atoms with E-state index in [2.05, 4.69) is 0 Å². The molecule has 1 aliphatic heterocycles. The lowest BCUT2D eigenvalue weighted by atomic mass is 9.94. The van der Waals surface area contributed by atoms with E-state index in [1.807, 2.05) is 4.90 Å². The van der Waals surface area contributed by atoms with Crippen LogP contribution < -0.4 is 0 Å². The predicted molar refractivity (Wildman–Crippen MR) is 48.2 cm³/mol. The van der Waals surface area contributed by atoms with E-state index in [1.54, 1.807) is 0 Å². The molecule has 0 aromatic rings. The van der Waals surface area contributed by atoms with Crippen molar-refractivity contribution in [1.82, 2.24) is 4.90 Å². The Morgan fingerprint density at radius 3 is 2.25 bits per heavy atom. The first-order chi connectivity index (χ1) is 5.76. The highest BCUT2D eigenvalue weighted by Gasteiger charge is 2.44. The average molecular weight is 188 g/mol. The Kier molecular flexibility index (Phi) is 2.03. The molecular formula is C9H14ClNO. The molecule has 0 N–H and O–H groups in total. The van der Waals surface area contributed by atoms with Gasteiger partial charge < -0.3 is 4.90 Å². The molecule has 1 aliphatic carbocycles. The van der Waals surface area contributed by atoms with Crippen LogP contribution in [0, 0.1) is 5.41 Å². The lowest BCUT2D eigenvalue weighted by Crippen LogP contribution is -2.39. The maximum Gasteiger partial charge on any atom is 0.237 e. The molecule has 2 nitrogen and oxygen atoms in total. The van der Waals surface area contributed by atoms with Crippen molar-refractivity contribution in [3.8, 4) is 0 Å². The summed E-state index contributed by atoms with van der Waals surface area (Å²) < 4.78 is 0. The molecule has 0 aromatic heterocycles. The summed E-state index contributed by atoms with van der Waals surface area (Å²) in [6.07, 6.45) is 5.18. The number of hydrogen-bond donors (Lipinski definition) is 0. The van der Waals surface area contributed by atoms with Crippen LogP contribution in [0.25, 0.3) is 0 Å². The second kappa shape index (κ2) is 2.91. The van der Waals surface area contributed by atoms with E-state index in [-0.39, 0.29) is 11.8 Å². The molecule has 3 heteroatoms. The van der Waals surface area contributed by atoms with Crippen LogP contribution in [0.5, 0.6) is 0 Å². The summed E-state index contributed by atoms with van der Waals surface area (Å²) in [4.78, 5) is 13.1. The zero-order valence-corrected chi connectivity index (χ0v) is 7.94. The van der Waals surface area contributed by atoms with E-state index < -0.39 is 0 Å². The fraction of sp³-hybridized carbons (Fsp3) is 0.889. The van der Waals surface area contributed by atoms with Crippen molar-refractivity contribution >= 4 is 17.5 Å². The molecule has 1 amide bonds. The van der Waals surface area contributed by atoms with Gasteiger partial charge in [-0.05, 0) is 31.1 Å². The molecular weight excluding hydrogens is 174 g/mol. The first-order valence-corrected chi connectivity index (χ1v) is 5.13. The minimum absolute atomic E-state index is 0.104. The molecule has 2 fully saturated rings. The molecule has 0 atom stereocenters. The Hall–Kier alpha value is -0.240. The van der Waals surface area contributed by atoms with E-state index >= 15 is 0 Å². The molecule has 2 rings (SSSR count). The molecule has 0 bridgehead atoms. The number of hydrogen-bond acceptors (Lipinski definition) is 1. The van der Waals surface area contributed by atoms with E-state index in [1.165, 1.54) is 25.7 Å². The van der Waals surface area contributed by atoms with E-state index in [0.717, 1.165) is 13.1 Å². The van der Waals surface area contributed by atoms with Gasteiger partial charge in [-0.1, -0.05) is 0 Å². The van der Waals surface area contributed by atoms with Gasteiger partial charge in [0.2, 0.25) is 5.91 Å². The zero-order chi connectivity index (χ0) is 8.60. The average Bonchev–Trinajstić information content (AvgIpc) is 2.85. The smallest absolute Gasteiger partial charge is 0.237 e. The number of carbonyl (C=O) groups excluding carboxylic acids is 1. The van der Waals surface area contributed by atoms with Gasteiger partial charge in [-0.25, -0.2) is 0 Å². The van der Waals surface area contributed by atoms with Crippen LogP contribution in [0.4, 0.5) is 0 Å². The molecule has 1 spiro atoms. The molecule has 0 aromatic carbocycles. The van der Waals surface area contributed by atoms with E-state index in [9.17, 15) is 4.79 Å². The van der Waals surface area contributed by atoms with Gasteiger partial charge in [0.15, 0.2) is 0 Å². The van der Waals surface area contributed by atoms with Crippen LogP contribution in [0.3, 0.4) is 0 Å². The summed E-state index contributed by atoms with van der Waals surface area (Å²) in [5, 5.41) is 0. The van der Waals surface area contributed by atoms with E-state index in [0.29, 0.717) is 5.41 Å². The predicted octanol–water partition coefficient (Wildman–Crippen LogP) is 1.63. The zero-order valence-electron chi connectivity index (χ0n) is 7.18. The molecule has 1 saturated carbocycles. The van der Waals surface area contributed by atoms with Crippen molar-refractivity contribution in [3.05, 3.63) is 0 Å². The highest BCUT2D eigenvalue weighted by molar-refractivity contribution is 6.27. The normalized spacial score (nSPS) is 25.9. The van der Waals surface area contributed by atoms with Gasteiger partial charge in [-0.2, -0.15) is 0 Å². The summed E-state index contributed by atoms with van der Waals surface area (Å²) in [7, 11) is 0. The number of amides is 1. The van der Waals surface area contributed by atoms with Gasteiger partial charge in [-0.15, -0.1) is 11.6 Å². The summed E-state index contributed by atoms with van der Waals surface area (Å²) >= 11 is 5.48. The van der Waals surface area contributed by atoms with Gasteiger partial charge in [0, 0.05) is 13.1 Å². The van der Waals surface area contributed by atoms with Crippen molar-refractivity contribution in [3.63, 3.8) is 0 Å². The van der Waals surface area contributed by atoms with Gasteiger partial charge in [0.05, 0.1) is 0 Å². The standard InChI is InChI=1S/C9H14ClNO/c10-7-8(12)11-5-3-9(1-2-9)4-6-11/h1-7H2. The first-order valence-electron chi connectivity index (χ1n) is 4.60. The maximum absolute atomic E-state index is 11.2. The molecule has 1 saturated heterocycles. The molecule has 0 unspecified atom stereocenters. The molecule has 12 heavy (non-hydrogen) atoms. The van der Waals surface area contributed by atoms with Crippen molar-refractivity contribution in [2.45, 2.75) is 25.7 Å². The number of carbonyl (C=O) groups is 1. The SMILES string of the molecule is O=C(CCl)N1CCC2(CC1)CC2. The third-order valence-corrected chi connectivity index (χ3v) is 3.48. The van der Waals surface area contributed by atoms with Crippen LogP contribution in [0.15, 0.2) is 0 Å². The molecule has 68 valence electrons. The van der Waals surface area contributed by atoms with Crippen molar-refractivity contribution in [2.24, 2.45) is 5.41 Å². The number of likely N-dealkylation sites (tertiary alicyclic amines) is 1. The second-order valence-electron chi connectivity index (χ2n) is 4.01. The summed E-state index contributed by atoms with van der Waals surface area (Å²) in [5.74, 6) is 0.250. The largest absolute Gasteiger partial charge is 0.342 e. The van der Waals surface area contributed by atoms with Crippen LogP contribution in [-0.4, -0.2) is 29.8 Å². The monoisotopic (exact) mass is 187 g/mol. The van der Waals surface area contributed by atoms with Crippen LogP contribution in [0.1, 0.15) is 25.7 Å². The van der Waals surface area contributed by atoms with Gasteiger partial charge in [0.1, 0.15) is 5.88 Å². The van der Waals surface area contributed by atoms with Crippen molar-refractivity contribution in [2.75, 3.05) is 19.0 Å². The summed E-state index contributed by atoms with van der Waals surface area (Å²) in [5.41, 5.74) is 0.656. The van der Waals surface area contributed by atoms with E-state index in [4.69, 9.17) is 11.6 Å². The van der Waals surface area contributed by atoms with Crippen molar-refractivity contribution in [1.29, 1.82) is 0 Å². The minimum atomic E-state index is 0.104. The van der Waals surface area contributed by atoms with Gasteiger partial charge in [-0.3, -0.25) is 4.79 Å². The number of nitrogens with zero attached hydrogens (tertiary/aromatic N) is 1. The Balaban J connectivity index is 1.85. The fourth-order valence-corrected chi connectivity index (χ4v) is 2.16. The summed E-state index contributed by atoms with van der Waals surface area (Å²) in [6, 6.07) is 0. The Bertz CT molecular complexity index is 191. The third-order valence-electron chi connectivity index (χ3n) is 3.25. The molecule has 2 aliphatic rings. The highest BCUT2D eigenvalue weighted by atomic mass is 35.5. The van der Waals surface area contributed by atoms with Crippen LogP contribution in [-0.2, 0) is 4.79 Å². The van der Waals surface area contributed by atoms with Crippen LogP contribution in [0.2, 0.25) is 0 Å². The lowest BCUT2D eigenvalue weighted by molar-refractivity contribution is -0.130. The third kappa shape index (κ3) is 1.45. The minimum Gasteiger partial charge on any atom is -0.342 e.